The number of rotatable bonds is 10. The van der Waals surface area contributed by atoms with E-state index in [1.54, 1.807) is 12.1 Å². The molecule has 1 aliphatic rings. The Bertz CT molecular complexity index is 778. The smallest absolute Gasteiger partial charge is 0.330 e. The Labute approximate surface area is 184 Å². The highest BCUT2D eigenvalue weighted by Crippen LogP contribution is 2.24. The van der Waals surface area contributed by atoms with E-state index in [0.29, 0.717) is 5.56 Å². The lowest BCUT2D eigenvalue weighted by molar-refractivity contribution is -0.311. The molecule has 1 saturated heterocycles. The Hall–Kier alpha value is -2.54. The van der Waals surface area contributed by atoms with Crippen molar-refractivity contribution in [3.05, 3.63) is 35.9 Å². The number of carboxylic acids is 1. The summed E-state index contributed by atoms with van der Waals surface area (Å²) < 4.78 is 15.9. The number of hydrogen-bond donors (Lipinski definition) is 6. The van der Waals surface area contributed by atoms with Crippen molar-refractivity contribution in [2.24, 2.45) is 0 Å². The summed E-state index contributed by atoms with van der Waals surface area (Å²) in [5.74, 6) is -1.85. The lowest BCUT2D eigenvalue weighted by Crippen LogP contribution is -2.59. The molecule has 1 aliphatic heterocycles. The highest BCUT2D eigenvalue weighted by molar-refractivity contribution is 5.87. The first kappa shape index (κ1) is 25.7. The zero-order valence-corrected chi connectivity index (χ0v) is 17.4. The van der Waals surface area contributed by atoms with Crippen molar-refractivity contribution in [3.63, 3.8) is 0 Å². The summed E-state index contributed by atoms with van der Waals surface area (Å²) in [6.07, 6.45) is -7.35. The second-order valence-corrected chi connectivity index (χ2v) is 7.50. The SMILES string of the molecule is CC(CC(O)CC(=O)O)O[C@@H]1O[C@H](COC(=O)/C=C/c2ccc(O)cc2)[C@@H](O)[C@H](O)[C@H]1O. The average molecular weight is 456 g/mol. The van der Waals surface area contributed by atoms with Crippen LogP contribution in [-0.2, 0) is 23.8 Å². The molecule has 0 amide bonds. The van der Waals surface area contributed by atoms with Crippen molar-refractivity contribution in [1.29, 1.82) is 0 Å². The van der Waals surface area contributed by atoms with E-state index in [1.165, 1.54) is 25.1 Å². The molecular formula is C21H28O11. The number of phenolic OH excluding ortho intramolecular Hbond substituents is 1. The van der Waals surface area contributed by atoms with Gasteiger partial charge in [-0.25, -0.2) is 4.79 Å². The number of aliphatic carboxylic acids is 1. The number of aliphatic hydroxyl groups is 4. The number of carbonyl (C=O) groups is 2. The third-order valence-corrected chi connectivity index (χ3v) is 4.74. The molecular weight excluding hydrogens is 428 g/mol. The van der Waals surface area contributed by atoms with Gasteiger partial charge in [0.05, 0.1) is 18.6 Å². The zero-order valence-electron chi connectivity index (χ0n) is 17.4. The first-order valence-corrected chi connectivity index (χ1v) is 9.95. The van der Waals surface area contributed by atoms with Crippen LogP contribution in [0.5, 0.6) is 5.75 Å². The quantitative estimate of drug-likeness (QED) is 0.195. The number of esters is 1. The van der Waals surface area contributed by atoms with Crippen LogP contribution in [0.15, 0.2) is 30.3 Å². The van der Waals surface area contributed by atoms with Crippen LogP contribution in [-0.4, -0.2) is 92.1 Å². The van der Waals surface area contributed by atoms with Crippen LogP contribution in [0.3, 0.4) is 0 Å². The second kappa shape index (κ2) is 11.9. The number of carboxylic acid groups (broad SMARTS) is 1. The summed E-state index contributed by atoms with van der Waals surface area (Å²) in [5.41, 5.74) is 0.639. The molecule has 2 unspecified atom stereocenters. The molecule has 0 radical (unpaired) electrons. The van der Waals surface area contributed by atoms with E-state index in [9.17, 15) is 35.1 Å². The van der Waals surface area contributed by atoms with E-state index < -0.39 is 67.9 Å². The van der Waals surface area contributed by atoms with E-state index in [2.05, 4.69) is 0 Å². The maximum atomic E-state index is 11.9. The van der Waals surface area contributed by atoms with Crippen LogP contribution in [0, 0.1) is 0 Å². The fourth-order valence-corrected chi connectivity index (χ4v) is 3.08. The van der Waals surface area contributed by atoms with Crippen molar-refractivity contribution in [2.75, 3.05) is 6.61 Å². The van der Waals surface area contributed by atoms with E-state index in [0.717, 1.165) is 6.08 Å². The first-order chi connectivity index (χ1) is 15.1. The van der Waals surface area contributed by atoms with Crippen LogP contribution in [0.1, 0.15) is 25.3 Å². The summed E-state index contributed by atoms with van der Waals surface area (Å²) in [6, 6.07) is 6.07. The molecule has 11 nitrogen and oxygen atoms in total. The number of benzene rings is 1. The molecule has 32 heavy (non-hydrogen) atoms. The molecule has 0 bridgehead atoms. The second-order valence-electron chi connectivity index (χ2n) is 7.50. The highest BCUT2D eigenvalue weighted by atomic mass is 16.7. The zero-order chi connectivity index (χ0) is 23.8. The molecule has 1 fully saturated rings. The first-order valence-electron chi connectivity index (χ1n) is 9.95. The molecule has 0 saturated carbocycles. The standard InChI is InChI=1S/C21H28O11/c1-11(8-14(23)9-16(24)25)31-21-20(29)19(28)18(27)15(32-21)10-30-17(26)7-4-12-2-5-13(22)6-3-12/h2-7,11,14-15,18-23,27-29H,8-10H2,1H3,(H,24,25)/b7-4+/t11?,14?,15-,18-,19+,20-,21-/m1/s1. The molecule has 6 N–H and O–H groups in total. The maximum Gasteiger partial charge on any atom is 0.330 e. The third-order valence-electron chi connectivity index (χ3n) is 4.74. The Morgan fingerprint density at radius 2 is 1.78 bits per heavy atom. The van der Waals surface area contributed by atoms with Gasteiger partial charge in [0.2, 0.25) is 0 Å². The van der Waals surface area contributed by atoms with Gasteiger partial charge in [-0.15, -0.1) is 0 Å². The molecule has 1 aromatic rings. The van der Waals surface area contributed by atoms with E-state index >= 15 is 0 Å². The molecule has 2 rings (SSSR count). The normalized spacial score (nSPS) is 27.7. The van der Waals surface area contributed by atoms with Crippen molar-refractivity contribution >= 4 is 18.0 Å². The van der Waals surface area contributed by atoms with Crippen molar-refractivity contribution in [1.82, 2.24) is 0 Å². The van der Waals surface area contributed by atoms with Crippen LogP contribution < -0.4 is 0 Å². The van der Waals surface area contributed by atoms with Crippen LogP contribution in [0.2, 0.25) is 0 Å². The van der Waals surface area contributed by atoms with Gasteiger partial charge in [-0.2, -0.15) is 0 Å². The Balaban J connectivity index is 1.89. The lowest BCUT2D eigenvalue weighted by atomic mass is 9.99. The van der Waals surface area contributed by atoms with Gasteiger partial charge in [-0.3, -0.25) is 4.79 Å². The molecule has 178 valence electrons. The van der Waals surface area contributed by atoms with Crippen molar-refractivity contribution < 1.29 is 54.4 Å². The minimum atomic E-state index is -1.65. The summed E-state index contributed by atoms with van der Waals surface area (Å²) in [5, 5.41) is 57.9. The summed E-state index contributed by atoms with van der Waals surface area (Å²) in [6.45, 7) is 1.07. The van der Waals surface area contributed by atoms with Crippen LogP contribution in [0.4, 0.5) is 0 Å². The molecule has 0 spiro atoms. The topological polar surface area (TPSA) is 183 Å². The van der Waals surface area contributed by atoms with Gasteiger partial charge in [0.1, 0.15) is 36.8 Å². The molecule has 11 heteroatoms. The van der Waals surface area contributed by atoms with Gasteiger partial charge in [0.25, 0.3) is 0 Å². The van der Waals surface area contributed by atoms with Gasteiger partial charge >= 0.3 is 11.9 Å². The highest BCUT2D eigenvalue weighted by Gasteiger charge is 2.45. The van der Waals surface area contributed by atoms with E-state index in [-0.39, 0.29) is 12.2 Å². The summed E-state index contributed by atoms with van der Waals surface area (Å²) >= 11 is 0. The number of carbonyl (C=O) groups excluding carboxylic acids is 1. The Morgan fingerprint density at radius 3 is 2.41 bits per heavy atom. The number of aliphatic hydroxyl groups excluding tert-OH is 4. The molecule has 1 heterocycles. The van der Waals surface area contributed by atoms with Gasteiger partial charge in [-0.05, 0) is 37.1 Å². The monoisotopic (exact) mass is 456 g/mol. The van der Waals surface area contributed by atoms with Crippen LogP contribution in [0.25, 0.3) is 6.08 Å². The van der Waals surface area contributed by atoms with Crippen LogP contribution >= 0.6 is 0 Å². The predicted molar refractivity (Wildman–Crippen MR) is 108 cm³/mol. The van der Waals surface area contributed by atoms with E-state index in [4.69, 9.17) is 19.3 Å². The number of ether oxygens (including phenoxy) is 3. The molecule has 1 aromatic carbocycles. The number of phenols is 1. The Kier molecular flexibility index (Phi) is 9.57. The van der Waals surface area contributed by atoms with Gasteiger partial charge in [0, 0.05) is 6.08 Å². The fraction of sp³-hybridized carbons (Fsp3) is 0.524. The summed E-state index contributed by atoms with van der Waals surface area (Å²) in [7, 11) is 0. The largest absolute Gasteiger partial charge is 0.508 e. The van der Waals surface area contributed by atoms with E-state index in [1.807, 2.05) is 0 Å². The van der Waals surface area contributed by atoms with Crippen molar-refractivity contribution in [2.45, 2.75) is 62.7 Å². The van der Waals surface area contributed by atoms with Gasteiger partial charge in [0.15, 0.2) is 6.29 Å². The molecule has 0 aliphatic carbocycles. The van der Waals surface area contributed by atoms with Crippen molar-refractivity contribution in [3.8, 4) is 5.75 Å². The Morgan fingerprint density at radius 1 is 1.12 bits per heavy atom. The predicted octanol–water partition coefficient (Wildman–Crippen LogP) is -0.613. The lowest BCUT2D eigenvalue weighted by Gasteiger charge is -2.40. The number of hydrogen-bond acceptors (Lipinski definition) is 10. The molecule has 7 atom stereocenters. The number of aromatic hydroxyl groups is 1. The molecule has 0 aromatic heterocycles. The van der Waals surface area contributed by atoms with Gasteiger partial charge in [-0.1, -0.05) is 12.1 Å². The average Bonchev–Trinajstić information content (AvgIpc) is 2.72. The van der Waals surface area contributed by atoms with Gasteiger partial charge < -0.3 is 44.8 Å². The minimum absolute atomic E-state index is 0.0702. The third kappa shape index (κ3) is 7.86. The summed E-state index contributed by atoms with van der Waals surface area (Å²) in [4.78, 5) is 22.6. The fourth-order valence-electron chi connectivity index (χ4n) is 3.08. The minimum Gasteiger partial charge on any atom is -0.508 e. The maximum absolute atomic E-state index is 11.9.